The lowest BCUT2D eigenvalue weighted by Crippen LogP contribution is -2.43. The largest absolute Gasteiger partial charge is 0.325 e. The molecule has 6 nitrogen and oxygen atoms in total. The molecule has 2 unspecified atom stereocenters. The molecule has 1 fully saturated rings. The monoisotopic (exact) mass is 402 g/mol. The van der Waals surface area contributed by atoms with E-state index in [1.54, 1.807) is 24.3 Å². The highest BCUT2D eigenvalue weighted by Gasteiger charge is 2.56. The third-order valence-corrected chi connectivity index (χ3v) is 5.84. The fourth-order valence-corrected chi connectivity index (χ4v) is 4.60. The Morgan fingerprint density at radius 3 is 2.60 bits per heavy atom. The summed E-state index contributed by atoms with van der Waals surface area (Å²) in [6.45, 7) is 7.62. The Labute approximate surface area is 176 Å². The summed E-state index contributed by atoms with van der Waals surface area (Å²) in [5.41, 5.74) is 2.27. The Morgan fingerprint density at radius 1 is 1.23 bits per heavy atom. The zero-order valence-corrected chi connectivity index (χ0v) is 17.5. The summed E-state index contributed by atoms with van der Waals surface area (Å²) in [5, 5.41) is 14.9. The minimum Gasteiger partial charge on any atom is -0.325 e. The van der Waals surface area contributed by atoms with Gasteiger partial charge in [0.25, 0.3) is 0 Å². The number of carbonyl (C=O) groups is 2. The molecule has 0 radical (unpaired) electrons. The normalized spacial score (nSPS) is 23.1. The topological polar surface area (TPSA) is 85.2 Å². The van der Waals surface area contributed by atoms with E-state index in [0.717, 1.165) is 11.3 Å². The molecular weight excluding hydrogens is 376 g/mol. The van der Waals surface area contributed by atoms with E-state index in [1.165, 1.54) is 0 Å². The Morgan fingerprint density at radius 2 is 1.93 bits per heavy atom. The highest BCUT2D eigenvalue weighted by atomic mass is 16.2. The molecule has 2 aliphatic heterocycles. The number of fused-ring (bicyclic) bond motifs is 2. The number of carbonyl (C=O) groups excluding carboxylic acids is 2. The first-order valence-corrected chi connectivity index (χ1v) is 10.2. The van der Waals surface area contributed by atoms with Crippen molar-refractivity contribution >= 4 is 23.2 Å². The smallest absolute Gasteiger partial charge is 0.241 e. The zero-order valence-electron chi connectivity index (χ0n) is 17.5. The van der Waals surface area contributed by atoms with Crippen LogP contribution in [0.1, 0.15) is 38.3 Å². The van der Waals surface area contributed by atoms with Crippen molar-refractivity contribution in [1.82, 2.24) is 4.90 Å². The molecule has 2 aromatic carbocycles. The van der Waals surface area contributed by atoms with Gasteiger partial charge < -0.3 is 10.6 Å². The molecule has 154 valence electrons. The van der Waals surface area contributed by atoms with E-state index in [4.69, 9.17) is 5.26 Å². The van der Waals surface area contributed by atoms with E-state index < -0.39 is 11.5 Å². The Kier molecular flexibility index (Phi) is 4.87. The fraction of sp³-hybridized carbons (Fsp3) is 0.375. The number of para-hydroxylation sites is 1. The highest BCUT2D eigenvalue weighted by Crippen LogP contribution is 2.47. The summed E-state index contributed by atoms with van der Waals surface area (Å²) in [6.07, 6.45) is 0.439. The van der Waals surface area contributed by atoms with Crippen LogP contribution in [0.25, 0.3) is 0 Å². The standard InChI is InChI=1S/C24H26N4O2/c1-23(2,3)14-28-15-24(18-6-4-5-7-19(18)27-22(24)30)12-20(28)21(29)26-17-10-8-16(13-25)9-11-17/h4-11,20H,12,14-15H2,1-3H3,(H,26,29)(H,27,30). The second-order valence-corrected chi connectivity index (χ2v) is 9.45. The third kappa shape index (κ3) is 3.57. The highest BCUT2D eigenvalue weighted by molar-refractivity contribution is 6.08. The first-order chi connectivity index (χ1) is 14.2. The summed E-state index contributed by atoms with van der Waals surface area (Å²) in [4.78, 5) is 28.5. The van der Waals surface area contributed by atoms with Crippen LogP contribution in [-0.2, 0) is 15.0 Å². The van der Waals surface area contributed by atoms with Gasteiger partial charge in [-0.2, -0.15) is 5.26 Å². The Hall–Kier alpha value is -3.17. The van der Waals surface area contributed by atoms with Gasteiger partial charge in [0.05, 0.1) is 23.1 Å². The SMILES string of the molecule is CC(C)(C)CN1CC2(CC1C(=O)Nc1ccc(C#N)cc1)C(=O)Nc1ccccc12. The number of anilines is 2. The van der Waals surface area contributed by atoms with Gasteiger partial charge in [0.1, 0.15) is 0 Å². The Balaban J connectivity index is 1.64. The lowest BCUT2D eigenvalue weighted by molar-refractivity contribution is -0.120. The molecule has 0 aromatic heterocycles. The number of nitriles is 1. The number of rotatable bonds is 3. The molecule has 1 spiro atoms. The minimum absolute atomic E-state index is 0.0207. The first-order valence-electron chi connectivity index (χ1n) is 10.2. The molecule has 2 amide bonds. The maximum absolute atomic E-state index is 13.3. The molecule has 0 bridgehead atoms. The maximum Gasteiger partial charge on any atom is 0.241 e. The fourth-order valence-electron chi connectivity index (χ4n) is 4.60. The molecule has 2 aromatic rings. The molecule has 2 aliphatic rings. The number of hydrogen-bond acceptors (Lipinski definition) is 4. The van der Waals surface area contributed by atoms with Crippen molar-refractivity contribution in [1.29, 1.82) is 5.26 Å². The van der Waals surface area contributed by atoms with Gasteiger partial charge in [0.2, 0.25) is 11.8 Å². The van der Waals surface area contributed by atoms with Gasteiger partial charge in [-0.3, -0.25) is 14.5 Å². The van der Waals surface area contributed by atoms with E-state index in [0.29, 0.717) is 30.8 Å². The average molecular weight is 402 g/mol. The van der Waals surface area contributed by atoms with Crippen LogP contribution in [0.4, 0.5) is 11.4 Å². The molecule has 2 atom stereocenters. The second kappa shape index (κ2) is 7.26. The predicted molar refractivity (Wildman–Crippen MR) is 116 cm³/mol. The van der Waals surface area contributed by atoms with Gasteiger partial charge in [0.15, 0.2) is 0 Å². The quantitative estimate of drug-likeness (QED) is 0.823. The molecule has 0 saturated carbocycles. The molecule has 6 heteroatoms. The van der Waals surface area contributed by atoms with Crippen LogP contribution in [0.3, 0.4) is 0 Å². The molecule has 4 rings (SSSR count). The predicted octanol–water partition coefficient (Wildman–Crippen LogP) is 3.51. The van der Waals surface area contributed by atoms with E-state index in [2.05, 4.69) is 42.4 Å². The first kappa shape index (κ1) is 20.1. The molecule has 30 heavy (non-hydrogen) atoms. The van der Waals surface area contributed by atoms with Crippen molar-refractivity contribution in [3.05, 3.63) is 59.7 Å². The number of hydrogen-bond donors (Lipinski definition) is 2. The van der Waals surface area contributed by atoms with Gasteiger partial charge in [-0.15, -0.1) is 0 Å². The zero-order chi connectivity index (χ0) is 21.5. The molecule has 2 heterocycles. The van der Waals surface area contributed by atoms with Crippen LogP contribution < -0.4 is 10.6 Å². The Bertz CT molecular complexity index is 1030. The summed E-state index contributed by atoms with van der Waals surface area (Å²) >= 11 is 0. The van der Waals surface area contributed by atoms with Gasteiger partial charge in [-0.1, -0.05) is 39.0 Å². The summed E-state index contributed by atoms with van der Waals surface area (Å²) < 4.78 is 0. The van der Waals surface area contributed by atoms with Crippen LogP contribution in [0.2, 0.25) is 0 Å². The van der Waals surface area contributed by atoms with E-state index in [9.17, 15) is 9.59 Å². The number of nitrogens with one attached hydrogen (secondary N) is 2. The number of nitrogens with zero attached hydrogens (tertiary/aromatic N) is 2. The van der Waals surface area contributed by atoms with Crippen LogP contribution in [0.5, 0.6) is 0 Å². The molecular formula is C24H26N4O2. The molecule has 0 aliphatic carbocycles. The summed E-state index contributed by atoms with van der Waals surface area (Å²) in [5.74, 6) is -0.158. The van der Waals surface area contributed by atoms with Crippen LogP contribution in [0.15, 0.2) is 48.5 Å². The van der Waals surface area contributed by atoms with Crippen molar-refractivity contribution in [2.75, 3.05) is 23.7 Å². The summed E-state index contributed by atoms with van der Waals surface area (Å²) in [6, 6.07) is 16.2. The molecule has 1 saturated heterocycles. The maximum atomic E-state index is 13.3. The lowest BCUT2D eigenvalue weighted by Gasteiger charge is -2.31. The van der Waals surface area contributed by atoms with Gasteiger partial charge in [-0.25, -0.2) is 0 Å². The number of likely N-dealkylation sites (tertiary alicyclic amines) is 1. The van der Waals surface area contributed by atoms with Crippen LogP contribution >= 0.6 is 0 Å². The van der Waals surface area contributed by atoms with Crippen molar-refractivity contribution in [3.63, 3.8) is 0 Å². The second-order valence-electron chi connectivity index (χ2n) is 9.45. The van der Waals surface area contributed by atoms with Crippen molar-refractivity contribution < 1.29 is 9.59 Å². The van der Waals surface area contributed by atoms with E-state index >= 15 is 0 Å². The van der Waals surface area contributed by atoms with Gasteiger partial charge in [-0.05, 0) is 47.7 Å². The number of benzene rings is 2. The lowest BCUT2D eigenvalue weighted by atomic mass is 9.79. The van der Waals surface area contributed by atoms with E-state index in [1.807, 2.05) is 24.3 Å². The molecule has 2 N–H and O–H groups in total. The third-order valence-electron chi connectivity index (χ3n) is 5.84. The minimum atomic E-state index is -0.714. The van der Waals surface area contributed by atoms with Crippen molar-refractivity contribution in [2.24, 2.45) is 5.41 Å². The summed E-state index contributed by atoms with van der Waals surface area (Å²) in [7, 11) is 0. The van der Waals surface area contributed by atoms with E-state index in [-0.39, 0.29) is 17.2 Å². The average Bonchev–Trinajstić information content (AvgIpc) is 3.20. The van der Waals surface area contributed by atoms with Gasteiger partial charge >= 0.3 is 0 Å². The van der Waals surface area contributed by atoms with Gasteiger partial charge in [0, 0.05) is 24.5 Å². The van der Waals surface area contributed by atoms with Crippen molar-refractivity contribution in [2.45, 2.75) is 38.6 Å². The van der Waals surface area contributed by atoms with Crippen LogP contribution in [0, 0.1) is 16.7 Å². The van der Waals surface area contributed by atoms with Crippen LogP contribution in [-0.4, -0.2) is 35.8 Å². The number of amides is 2. The van der Waals surface area contributed by atoms with Crippen molar-refractivity contribution in [3.8, 4) is 6.07 Å².